The van der Waals surface area contributed by atoms with Gasteiger partial charge in [0.05, 0.1) is 6.10 Å². The summed E-state index contributed by atoms with van der Waals surface area (Å²) in [6.07, 6.45) is 5.65. The van der Waals surface area contributed by atoms with Crippen molar-refractivity contribution in [2.24, 2.45) is 0 Å². The van der Waals surface area contributed by atoms with Crippen LogP contribution in [-0.2, 0) is 4.74 Å². The number of hydrogen-bond donors (Lipinski definition) is 1. The zero-order chi connectivity index (χ0) is 8.10. The predicted molar refractivity (Wildman–Crippen MR) is 46.5 cm³/mol. The molecular formula is C9H19NO. The lowest BCUT2D eigenvalue weighted by molar-refractivity contribution is -0.0353. The Hall–Kier alpha value is -0.0800. The van der Waals surface area contributed by atoms with Crippen molar-refractivity contribution in [1.29, 1.82) is 0 Å². The second kappa shape index (κ2) is 4.73. The lowest BCUT2D eigenvalue weighted by Crippen LogP contribution is -2.38. The van der Waals surface area contributed by atoms with Crippen LogP contribution in [0.1, 0.15) is 39.5 Å². The molecule has 1 fully saturated rings. The first-order valence-corrected chi connectivity index (χ1v) is 4.71. The summed E-state index contributed by atoms with van der Waals surface area (Å²) in [5, 5.41) is 3.36. The van der Waals surface area contributed by atoms with Gasteiger partial charge in [0.15, 0.2) is 0 Å². The van der Waals surface area contributed by atoms with E-state index in [0.717, 1.165) is 13.0 Å². The average molecular weight is 157 g/mol. The Balaban J connectivity index is 2.13. The minimum absolute atomic E-state index is 0.332. The molecule has 2 atom stereocenters. The van der Waals surface area contributed by atoms with Crippen molar-refractivity contribution in [3.05, 3.63) is 0 Å². The molecule has 0 amide bonds. The lowest BCUT2D eigenvalue weighted by atomic mass is 10.1. The molecule has 0 aromatic heterocycles. The van der Waals surface area contributed by atoms with Crippen LogP contribution in [0.4, 0.5) is 0 Å². The number of hydrogen-bond acceptors (Lipinski definition) is 2. The van der Waals surface area contributed by atoms with E-state index >= 15 is 0 Å². The molecule has 1 aliphatic rings. The van der Waals surface area contributed by atoms with Crippen LogP contribution >= 0.6 is 0 Å². The molecule has 2 heteroatoms. The van der Waals surface area contributed by atoms with Crippen LogP contribution in [0.2, 0.25) is 0 Å². The molecule has 0 bridgehead atoms. The molecule has 1 N–H and O–H groups in total. The van der Waals surface area contributed by atoms with Gasteiger partial charge in [-0.2, -0.15) is 0 Å². The molecular weight excluding hydrogens is 138 g/mol. The second-order valence-electron chi connectivity index (χ2n) is 3.29. The standard InChI is InChI=1S/C9H19NO/c1-3-8(2)11-9-6-4-5-7-10-9/h8-10H,3-7H2,1-2H3. The van der Waals surface area contributed by atoms with E-state index < -0.39 is 0 Å². The molecule has 1 aliphatic heterocycles. The van der Waals surface area contributed by atoms with Gasteiger partial charge in [0, 0.05) is 0 Å². The molecule has 0 radical (unpaired) electrons. The van der Waals surface area contributed by atoms with Gasteiger partial charge in [0.25, 0.3) is 0 Å². The molecule has 0 aromatic carbocycles. The van der Waals surface area contributed by atoms with E-state index in [2.05, 4.69) is 19.2 Å². The highest BCUT2D eigenvalue weighted by Crippen LogP contribution is 2.10. The van der Waals surface area contributed by atoms with E-state index in [1.807, 2.05) is 0 Å². The average Bonchev–Trinajstić information content (AvgIpc) is 2.06. The van der Waals surface area contributed by atoms with Crippen molar-refractivity contribution in [2.45, 2.75) is 51.9 Å². The van der Waals surface area contributed by atoms with E-state index in [1.165, 1.54) is 19.3 Å². The monoisotopic (exact) mass is 157 g/mol. The van der Waals surface area contributed by atoms with Gasteiger partial charge in [-0.05, 0) is 39.2 Å². The van der Waals surface area contributed by atoms with Gasteiger partial charge in [0.1, 0.15) is 6.23 Å². The fourth-order valence-corrected chi connectivity index (χ4v) is 1.31. The Bertz CT molecular complexity index is 99.7. The normalized spacial score (nSPS) is 28.4. The van der Waals surface area contributed by atoms with Gasteiger partial charge in [-0.1, -0.05) is 6.92 Å². The molecule has 66 valence electrons. The van der Waals surface area contributed by atoms with Crippen LogP contribution in [0.5, 0.6) is 0 Å². The fraction of sp³-hybridized carbons (Fsp3) is 1.00. The SMILES string of the molecule is CCC(C)OC1CCCCN1. The fourth-order valence-electron chi connectivity index (χ4n) is 1.31. The Morgan fingerprint density at radius 1 is 1.55 bits per heavy atom. The summed E-state index contributed by atoms with van der Waals surface area (Å²) in [6, 6.07) is 0. The topological polar surface area (TPSA) is 21.3 Å². The third kappa shape index (κ3) is 3.21. The third-order valence-electron chi connectivity index (χ3n) is 2.24. The summed E-state index contributed by atoms with van der Waals surface area (Å²) in [5.41, 5.74) is 0. The Labute approximate surface area is 69.3 Å². The van der Waals surface area contributed by atoms with Crippen molar-refractivity contribution >= 4 is 0 Å². The Morgan fingerprint density at radius 3 is 2.91 bits per heavy atom. The van der Waals surface area contributed by atoms with Gasteiger partial charge in [-0.25, -0.2) is 0 Å². The molecule has 2 unspecified atom stereocenters. The van der Waals surface area contributed by atoms with Crippen molar-refractivity contribution in [2.75, 3.05) is 6.54 Å². The van der Waals surface area contributed by atoms with Crippen molar-refractivity contribution in [3.8, 4) is 0 Å². The van der Waals surface area contributed by atoms with Gasteiger partial charge in [0.2, 0.25) is 0 Å². The molecule has 0 aliphatic carbocycles. The number of piperidine rings is 1. The van der Waals surface area contributed by atoms with E-state index in [1.54, 1.807) is 0 Å². The molecule has 1 rings (SSSR count). The first-order chi connectivity index (χ1) is 5.33. The first kappa shape index (κ1) is 9.01. The minimum atomic E-state index is 0.332. The highest BCUT2D eigenvalue weighted by Gasteiger charge is 2.14. The van der Waals surface area contributed by atoms with E-state index in [9.17, 15) is 0 Å². The van der Waals surface area contributed by atoms with E-state index in [0.29, 0.717) is 12.3 Å². The first-order valence-electron chi connectivity index (χ1n) is 4.71. The van der Waals surface area contributed by atoms with Crippen molar-refractivity contribution < 1.29 is 4.74 Å². The zero-order valence-corrected chi connectivity index (χ0v) is 7.60. The van der Waals surface area contributed by atoms with Crippen LogP contribution < -0.4 is 5.32 Å². The van der Waals surface area contributed by atoms with Gasteiger partial charge >= 0.3 is 0 Å². The van der Waals surface area contributed by atoms with Gasteiger partial charge in [-0.15, -0.1) is 0 Å². The minimum Gasteiger partial charge on any atom is -0.360 e. The van der Waals surface area contributed by atoms with Gasteiger partial charge in [-0.3, -0.25) is 5.32 Å². The highest BCUT2D eigenvalue weighted by molar-refractivity contribution is 4.64. The Morgan fingerprint density at radius 2 is 2.36 bits per heavy atom. The largest absolute Gasteiger partial charge is 0.360 e. The Kier molecular flexibility index (Phi) is 3.87. The van der Waals surface area contributed by atoms with Crippen LogP contribution in [-0.4, -0.2) is 18.9 Å². The van der Waals surface area contributed by atoms with Crippen molar-refractivity contribution in [1.82, 2.24) is 5.32 Å². The summed E-state index contributed by atoms with van der Waals surface area (Å²) >= 11 is 0. The highest BCUT2D eigenvalue weighted by atomic mass is 16.5. The summed E-state index contributed by atoms with van der Waals surface area (Å²) in [7, 11) is 0. The lowest BCUT2D eigenvalue weighted by Gasteiger charge is -2.26. The maximum atomic E-state index is 5.73. The maximum absolute atomic E-state index is 5.73. The molecule has 11 heavy (non-hydrogen) atoms. The molecule has 0 spiro atoms. The zero-order valence-electron chi connectivity index (χ0n) is 7.60. The summed E-state index contributed by atoms with van der Waals surface area (Å²) < 4.78 is 5.73. The second-order valence-corrected chi connectivity index (χ2v) is 3.29. The smallest absolute Gasteiger partial charge is 0.108 e. The third-order valence-corrected chi connectivity index (χ3v) is 2.24. The number of nitrogens with one attached hydrogen (secondary N) is 1. The van der Waals surface area contributed by atoms with E-state index in [4.69, 9.17) is 4.74 Å². The quantitative estimate of drug-likeness (QED) is 0.675. The molecule has 0 aromatic rings. The van der Waals surface area contributed by atoms with Crippen LogP contribution in [0, 0.1) is 0 Å². The molecule has 2 nitrogen and oxygen atoms in total. The molecule has 1 heterocycles. The summed E-state index contributed by atoms with van der Waals surface area (Å²) in [5.74, 6) is 0. The van der Waals surface area contributed by atoms with Crippen molar-refractivity contribution in [3.63, 3.8) is 0 Å². The molecule has 1 saturated heterocycles. The van der Waals surface area contributed by atoms with Crippen LogP contribution in [0.3, 0.4) is 0 Å². The van der Waals surface area contributed by atoms with E-state index in [-0.39, 0.29) is 0 Å². The summed E-state index contributed by atoms with van der Waals surface area (Å²) in [4.78, 5) is 0. The summed E-state index contributed by atoms with van der Waals surface area (Å²) in [6.45, 7) is 5.42. The number of rotatable bonds is 3. The maximum Gasteiger partial charge on any atom is 0.108 e. The van der Waals surface area contributed by atoms with Crippen LogP contribution in [0.15, 0.2) is 0 Å². The van der Waals surface area contributed by atoms with Gasteiger partial charge < -0.3 is 4.74 Å². The predicted octanol–water partition coefficient (Wildman–Crippen LogP) is 1.90. The number of ether oxygens (including phenoxy) is 1. The van der Waals surface area contributed by atoms with Crippen LogP contribution in [0.25, 0.3) is 0 Å². The molecule has 0 saturated carbocycles.